The molecule has 5 aromatic carbocycles. The summed E-state index contributed by atoms with van der Waals surface area (Å²) in [5, 5.41) is 23.7. The van der Waals surface area contributed by atoms with Crippen molar-refractivity contribution < 1.29 is 27.3 Å². The lowest BCUT2D eigenvalue weighted by Crippen LogP contribution is -2.17. The van der Waals surface area contributed by atoms with E-state index in [1.54, 1.807) is 60.7 Å². The second-order valence-corrected chi connectivity index (χ2v) is 11.8. The first-order chi connectivity index (χ1) is 25.5. The summed E-state index contributed by atoms with van der Waals surface area (Å²) in [7, 11) is 0. The maximum absolute atomic E-state index is 12.9. The van der Waals surface area contributed by atoms with Crippen molar-refractivity contribution in [2.75, 3.05) is 0 Å². The van der Waals surface area contributed by atoms with E-state index in [4.69, 9.17) is 30.8 Å². The summed E-state index contributed by atoms with van der Waals surface area (Å²) < 4.78 is 23.3. The van der Waals surface area contributed by atoms with Gasteiger partial charge in [0.1, 0.15) is 33.5 Å². The summed E-state index contributed by atoms with van der Waals surface area (Å²) in [5.41, 5.74) is 2.98. The lowest BCUT2D eigenvalue weighted by atomic mass is 9.90. The molecule has 0 spiro atoms. The molecule has 9 aromatic rings. The van der Waals surface area contributed by atoms with Crippen molar-refractivity contribution in [2.45, 2.75) is 0 Å². The van der Waals surface area contributed by atoms with Crippen LogP contribution in [0.3, 0.4) is 0 Å². The van der Waals surface area contributed by atoms with Crippen LogP contribution in [0.15, 0.2) is 115 Å². The smallest absolute Gasteiger partial charge is 0.276 e. The van der Waals surface area contributed by atoms with Crippen LogP contribution in [0.1, 0.15) is 32.2 Å². The highest BCUT2D eigenvalue weighted by Gasteiger charge is 2.39. The van der Waals surface area contributed by atoms with Crippen LogP contribution in [0.4, 0.5) is 0 Å². The van der Waals surface area contributed by atoms with E-state index in [9.17, 15) is 20.1 Å². The van der Waals surface area contributed by atoms with Gasteiger partial charge >= 0.3 is 0 Å². The van der Waals surface area contributed by atoms with E-state index >= 15 is 0 Å². The van der Waals surface area contributed by atoms with Crippen LogP contribution in [0.2, 0.25) is 0 Å². The van der Waals surface area contributed by atoms with E-state index in [-0.39, 0.29) is 50.9 Å². The second-order valence-electron chi connectivity index (χ2n) is 11.8. The summed E-state index contributed by atoms with van der Waals surface area (Å²) in [6.07, 6.45) is 0. The van der Waals surface area contributed by atoms with Crippen molar-refractivity contribution in [1.29, 1.82) is 10.5 Å². The molecule has 10 heteroatoms. The number of benzene rings is 5. The third kappa shape index (κ3) is 4.01. The monoisotopic (exact) mass is 672 g/mol. The van der Waals surface area contributed by atoms with Gasteiger partial charge in [0.2, 0.25) is 5.78 Å². The molecule has 0 saturated carbocycles. The van der Waals surface area contributed by atoms with Crippen molar-refractivity contribution in [3.05, 3.63) is 153 Å². The zero-order valence-electron chi connectivity index (χ0n) is 26.5. The van der Waals surface area contributed by atoms with Gasteiger partial charge in [-0.15, -0.1) is 0 Å². The summed E-state index contributed by atoms with van der Waals surface area (Å²) in [6, 6.07) is 32.6. The molecule has 0 N–H and O–H groups in total. The molecule has 0 saturated heterocycles. The third-order valence-corrected chi connectivity index (χ3v) is 9.11. The Hall–Kier alpha value is -8.18. The Morgan fingerprint density at radius 2 is 0.865 bits per heavy atom. The number of carbonyl (C=O) groups excluding carboxylic acids is 2. The van der Waals surface area contributed by atoms with Gasteiger partial charge in [0, 0.05) is 37.5 Å². The topological polar surface area (TPSA) is 143 Å². The fourth-order valence-electron chi connectivity index (χ4n) is 6.98. The lowest BCUT2D eigenvalue weighted by Gasteiger charge is -2.07. The Labute approximate surface area is 291 Å². The number of ketones is 2. The van der Waals surface area contributed by atoms with E-state index < -0.39 is 0 Å². The molecule has 52 heavy (non-hydrogen) atoms. The Morgan fingerprint density at radius 3 is 1.27 bits per heavy atom. The minimum atomic E-state index is -0.378. The zero-order valence-corrected chi connectivity index (χ0v) is 26.5. The number of rotatable bonds is 0. The van der Waals surface area contributed by atoms with Gasteiger partial charge in [-0.3, -0.25) is 9.59 Å². The highest BCUT2D eigenvalue weighted by molar-refractivity contribution is 6.34. The van der Waals surface area contributed by atoms with Crippen molar-refractivity contribution >= 4 is 88.8 Å². The Balaban J connectivity index is 0.000000145. The summed E-state index contributed by atoms with van der Waals surface area (Å²) >= 11 is 0. The lowest BCUT2D eigenvalue weighted by molar-refractivity contribution is 0.0943. The van der Waals surface area contributed by atoms with Crippen LogP contribution in [0.5, 0.6) is 0 Å². The van der Waals surface area contributed by atoms with Crippen molar-refractivity contribution in [3.63, 3.8) is 0 Å². The molecule has 10 nitrogen and oxygen atoms in total. The van der Waals surface area contributed by atoms with Crippen LogP contribution in [0, 0.1) is 35.8 Å². The summed E-state index contributed by atoms with van der Waals surface area (Å²) in [4.78, 5) is 32.4. The number of hydrogen-bond donors (Lipinski definition) is 0. The fraction of sp³-hybridized carbons (Fsp3) is 0. The van der Waals surface area contributed by atoms with E-state index in [0.717, 1.165) is 0 Å². The normalized spacial score (nSPS) is 11.8. The number of para-hydroxylation sites is 4. The van der Waals surface area contributed by atoms with Gasteiger partial charge in [0.15, 0.2) is 11.5 Å². The molecular formula is C42H16N4O6. The first-order valence-corrected chi connectivity index (χ1v) is 15.7. The largest absolute Gasteiger partial charge is 0.457 e. The Kier molecular flexibility index (Phi) is 6.44. The number of furan rings is 4. The SMILES string of the molecule is O=C1c2oc3ccccc3c2C(=O)c2c1oc1ccccc21.[C-]#[N+]C(C#N)=c1c2oc3ccccc3c2c(=C(C#N)[N+]#[C-])c2c1oc1ccccc12. The van der Waals surface area contributed by atoms with Gasteiger partial charge in [0.25, 0.3) is 17.2 Å². The second kappa shape index (κ2) is 11.2. The predicted molar refractivity (Wildman–Crippen MR) is 191 cm³/mol. The minimum Gasteiger partial charge on any atom is -0.457 e. The number of nitriles is 2. The molecule has 0 unspecified atom stereocenters. The molecule has 0 atom stereocenters. The van der Waals surface area contributed by atoms with Crippen molar-refractivity contribution in [1.82, 2.24) is 0 Å². The molecule has 0 aliphatic heterocycles. The quantitative estimate of drug-likeness (QED) is 0.146. The molecule has 0 radical (unpaired) electrons. The van der Waals surface area contributed by atoms with Gasteiger partial charge in [-0.05, 0) is 24.3 Å². The third-order valence-electron chi connectivity index (χ3n) is 9.11. The van der Waals surface area contributed by atoms with Crippen LogP contribution >= 0.6 is 0 Å². The number of carbonyl (C=O) groups is 2. The first kappa shape index (κ1) is 29.9. The van der Waals surface area contributed by atoms with Gasteiger partial charge in [-0.25, -0.2) is 20.2 Å². The maximum atomic E-state index is 12.9. The van der Waals surface area contributed by atoms with E-state index in [2.05, 4.69) is 9.69 Å². The Bertz CT molecular complexity index is 3180. The molecule has 4 heterocycles. The van der Waals surface area contributed by atoms with Crippen molar-refractivity contribution in [2.24, 2.45) is 0 Å². The number of nitrogens with zero attached hydrogens (tertiary/aromatic N) is 4. The molecule has 240 valence electrons. The molecule has 0 amide bonds. The zero-order chi connectivity index (χ0) is 35.7. The summed E-state index contributed by atoms with van der Waals surface area (Å²) in [5.74, 6) is -0.466. The average Bonchev–Trinajstić information content (AvgIpc) is 3.96. The van der Waals surface area contributed by atoms with Crippen molar-refractivity contribution in [3.8, 4) is 12.1 Å². The molecule has 10 rings (SSSR count). The maximum Gasteiger partial charge on any atom is 0.276 e. The highest BCUT2D eigenvalue weighted by Crippen LogP contribution is 2.39. The number of fused-ring (bicyclic) bond motifs is 12. The summed E-state index contributed by atoms with van der Waals surface area (Å²) in [6.45, 7) is 15.1. The van der Waals surface area contributed by atoms with Gasteiger partial charge in [0.05, 0.1) is 41.6 Å². The minimum absolute atomic E-state index is 0.0674. The predicted octanol–water partition coefficient (Wildman–Crippen LogP) is 8.54. The van der Waals surface area contributed by atoms with E-state index in [1.165, 1.54) is 0 Å². The highest BCUT2D eigenvalue weighted by atomic mass is 16.4. The Morgan fingerprint density at radius 1 is 0.500 bits per heavy atom. The first-order valence-electron chi connectivity index (χ1n) is 15.7. The van der Waals surface area contributed by atoms with E-state index in [0.29, 0.717) is 71.0 Å². The van der Waals surface area contributed by atoms with Crippen LogP contribution in [0.25, 0.3) is 86.9 Å². The van der Waals surface area contributed by atoms with Gasteiger partial charge in [-0.1, -0.05) is 72.8 Å². The fourth-order valence-corrected chi connectivity index (χ4v) is 6.98. The van der Waals surface area contributed by atoms with Crippen LogP contribution in [-0.2, 0) is 0 Å². The standard InChI is InChI=1S/C24H8N4O2.C18H8O4/c1-27-15(11-25)21-19-13-7-3-5-9-17(13)29-23(19)22(16(12-26)28-2)24-20(21)14-8-4-6-10-18(14)30-24;19-15-13-9-5-1-3-7-11(9)21-17(13)16(20)18-14(15)10-6-2-4-8-12(10)22-18/h3-10H;1-8H. The number of hydrogen-bond acceptors (Lipinski definition) is 8. The van der Waals surface area contributed by atoms with Gasteiger partial charge in [-0.2, -0.15) is 0 Å². The van der Waals surface area contributed by atoms with E-state index in [1.807, 2.05) is 48.5 Å². The average molecular weight is 673 g/mol. The molecular weight excluding hydrogens is 656 g/mol. The molecule has 1 aliphatic carbocycles. The van der Waals surface area contributed by atoms with Crippen LogP contribution in [-0.4, -0.2) is 11.6 Å². The molecule has 0 bridgehead atoms. The molecule has 4 aromatic heterocycles. The van der Waals surface area contributed by atoms with Gasteiger partial charge < -0.3 is 17.7 Å². The molecule has 0 fully saturated rings. The molecule has 1 aliphatic rings. The van der Waals surface area contributed by atoms with Crippen LogP contribution < -0.4 is 10.4 Å².